The van der Waals surface area contributed by atoms with Crippen molar-refractivity contribution in [3.63, 3.8) is 0 Å². The van der Waals surface area contributed by atoms with Crippen LogP contribution in [0, 0.1) is 0 Å². The van der Waals surface area contributed by atoms with Crippen molar-refractivity contribution in [1.29, 1.82) is 0 Å². The Morgan fingerprint density at radius 1 is 0.548 bits per heavy atom. The molecule has 6 heterocycles. The van der Waals surface area contributed by atoms with Crippen LogP contribution in [-0.2, 0) is 0 Å². The number of imidazole rings is 2. The maximum atomic E-state index is 6.48. The van der Waals surface area contributed by atoms with Crippen molar-refractivity contribution in [2.45, 2.75) is 0 Å². The smallest absolute Gasteiger partial charge is 0.222 e. The van der Waals surface area contributed by atoms with Crippen LogP contribution in [0.1, 0.15) is 0 Å². The minimum Gasteiger partial charge on any atom is -0.454 e. The number of aromatic nitrogens is 5. The fraction of sp³-hybridized carbons (Fsp3) is 0. The summed E-state index contributed by atoms with van der Waals surface area (Å²) in [5.74, 6) is 1.42. The number of pyridine rings is 2. The third-order valence-corrected chi connectivity index (χ3v) is 8.26. The van der Waals surface area contributed by atoms with Gasteiger partial charge in [-0.2, -0.15) is 0 Å². The first kappa shape index (κ1) is 21.8. The Morgan fingerprint density at radius 2 is 1.21 bits per heavy atom. The fourth-order valence-electron chi connectivity index (χ4n) is 6.48. The predicted molar refractivity (Wildman–Crippen MR) is 165 cm³/mol. The molecule has 0 N–H and O–H groups in total. The molecule has 0 unspecified atom stereocenters. The molecule has 4 aromatic carbocycles. The van der Waals surface area contributed by atoms with Crippen molar-refractivity contribution in [3.05, 3.63) is 116 Å². The third-order valence-electron chi connectivity index (χ3n) is 8.26. The molecule has 7 nitrogen and oxygen atoms in total. The predicted octanol–water partition coefficient (Wildman–Crippen LogP) is 8.69. The molecule has 10 rings (SSSR count). The molecule has 0 aliphatic heterocycles. The molecule has 0 spiro atoms. The molecule has 0 fully saturated rings. The second-order valence-electron chi connectivity index (χ2n) is 10.5. The van der Waals surface area contributed by atoms with Crippen LogP contribution in [0.2, 0.25) is 0 Å². The standard InChI is InChI=1S/C35H19N5O2/c1-5-14-28-20(8-1)22-16-18-36-30(32(22)41-28)24-10-7-13-27-31(24)40(35-38-25-11-3-4-12-26(25)39(27)35)34-33-23(17-19-37-34)21-9-2-6-15-29(21)42-33/h1-19H. The maximum absolute atomic E-state index is 6.48. The van der Waals surface area contributed by atoms with E-state index in [0.29, 0.717) is 11.4 Å². The Balaban J connectivity index is 1.41. The Hall–Kier alpha value is -5.95. The van der Waals surface area contributed by atoms with E-state index in [-0.39, 0.29) is 0 Å². The molecule has 0 radical (unpaired) electrons. The van der Waals surface area contributed by atoms with Crippen molar-refractivity contribution in [2.75, 3.05) is 0 Å². The number of para-hydroxylation sites is 5. The van der Waals surface area contributed by atoms with Crippen molar-refractivity contribution in [3.8, 4) is 17.1 Å². The van der Waals surface area contributed by atoms with E-state index in [4.69, 9.17) is 23.8 Å². The van der Waals surface area contributed by atoms with Gasteiger partial charge in [-0.1, -0.05) is 60.7 Å². The average Bonchev–Trinajstić information content (AvgIpc) is 3.79. The van der Waals surface area contributed by atoms with Gasteiger partial charge in [-0.3, -0.25) is 14.0 Å². The van der Waals surface area contributed by atoms with E-state index < -0.39 is 0 Å². The second kappa shape index (κ2) is 7.83. The number of nitrogens with zero attached hydrogens (tertiary/aromatic N) is 5. The number of rotatable bonds is 2. The molecule has 0 aliphatic rings. The summed E-state index contributed by atoms with van der Waals surface area (Å²) in [5.41, 5.74) is 8.61. The first-order valence-corrected chi connectivity index (χ1v) is 13.8. The number of furan rings is 2. The van der Waals surface area contributed by atoms with Crippen molar-refractivity contribution >= 4 is 71.7 Å². The maximum Gasteiger partial charge on any atom is 0.222 e. The molecule has 0 saturated heterocycles. The van der Waals surface area contributed by atoms with Gasteiger partial charge in [-0.25, -0.2) is 9.97 Å². The van der Waals surface area contributed by atoms with Crippen LogP contribution in [-0.4, -0.2) is 23.9 Å². The second-order valence-corrected chi connectivity index (χ2v) is 10.5. The molecule has 0 saturated carbocycles. The van der Waals surface area contributed by atoms with E-state index in [2.05, 4.69) is 45.4 Å². The lowest BCUT2D eigenvalue weighted by molar-refractivity contribution is 0.663. The molecule has 196 valence electrons. The normalized spacial score (nSPS) is 12.3. The van der Waals surface area contributed by atoms with Crippen LogP contribution in [0.5, 0.6) is 0 Å². The highest BCUT2D eigenvalue weighted by atomic mass is 16.3. The summed E-state index contributed by atoms with van der Waals surface area (Å²) in [5, 5.41) is 4.14. The largest absolute Gasteiger partial charge is 0.454 e. The fourth-order valence-corrected chi connectivity index (χ4v) is 6.48. The van der Waals surface area contributed by atoms with E-state index in [1.165, 1.54) is 0 Å². The van der Waals surface area contributed by atoms with E-state index in [1.54, 1.807) is 0 Å². The molecule has 10 aromatic rings. The lowest BCUT2D eigenvalue weighted by Gasteiger charge is -2.09. The van der Waals surface area contributed by atoms with Crippen LogP contribution in [0.3, 0.4) is 0 Å². The quantitative estimate of drug-likeness (QED) is 0.219. The number of benzene rings is 4. The molecule has 0 atom stereocenters. The van der Waals surface area contributed by atoms with Crippen LogP contribution in [0.4, 0.5) is 0 Å². The van der Waals surface area contributed by atoms with Gasteiger partial charge in [0.1, 0.15) is 16.9 Å². The molecule has 0 amide bonds. The van der Waals surface area contributed by atoms with Crippen LogP contribution in [0.15, 0.2) is 124 Å². The van der Waals surface area contributed by atoms with Crippen molar-refractivity contribution in [2.24, 2.45) is 0 Å². The highest BCUT2D eigenvalue weighted by Crippen LogP contribution is 2.41. The zero-order chi connectivity index (χ0) is 27.4. The average molecular weight is 542 g/mol. The van der Waals surface area contributed by atoms with Gasteiger partial charge in [0.2, 0.25) is 5.78 Å². The number of hydrogen-bond donors (Lipinski definition) is 0. The van der Waals surface area contributed by atoms with Crippen LogP contribution < -0.4 is 0 Å². The first-order valence-electron chi connectivity index (χ1n) is 13.8. The van der Waals surface area contributed by atoms with Crippen molar-refractivity contribution < 1.29 is 8.83 Å². The summed E-state index contributed by atoms with van der Waals surface area (Å²) in [4.78, 5) is 14.9. The topological polar surface area (TPSA) is 74.3 Å². The monoisotopic (exact) mass is 541 g/mol. The van der Waals surface area contributed by atoms with Gasteiger partial charge in [0, 0.05) is 39.5 Å². The Labute approximate surface area is 236 Å². The van der Waals surface area contributed by atoms with E-state index in [1.807, 2.05) is 79.1 Å². The summed E-state index contributed by atoms with van der Waals surface area (Å²) in [6.07, 6.45) is 3.69. The third kappa shape index (κ3) is 2.71. The van der Waals surface area contributed by atoms with Gasteiger partial charge in [0.05, 0.1) is 22.1 Å². The van der Waals surface area contributed by atoms with Gasteiger partial charge in [-0.15, -0.1) is 0 Å². The summed E-state index contributed by atoms with van der Waals surface area (Å²) >= 11 is 0. The molecule has 0 bridgehead atoms. The van der Waals surface area contributed by atoms with Crippen molar-refractivity contribution in [1.82, 2.24) is 23.9 Å². The molecular formula is C35H19N5O2. The number of fused-ring (bicyclic) bond motifs is 11. The SMILES string of the molecule is c1ccc2c(c1)nc1n(-c3nccc4c3oc3ccccc34)c3c(-c4nccc5c4oc4ccccc45)cccc3n21. The summed E-state index contributed by atoms with van der Waals surface area (Å²) < 4.78 is 17.2. The highest BCUT2D eigenvalue weighted by Gasteiger charge is 2.25. The van der Waals surface area contributed by atoms with Crippen LogP contribution in [0.25, 0.3) is 88.8 Å². The lowest BCUT2D eigenvalue weighted by Crippen LogP contribution is -2.00. The Bertz CT molecular complexity index is 2710. The molecule has 6 aromatic heterocycles. The molecule has 0 aliphatic carbocycles. The van der Waals surface area contributed by atoms with E-state index >= 15 is 0 Å². The van der Waals surface area contributed by atoms with Crippen LogP contribution >= 0.6 is 0 Å². The minimum atomic E-state index is 0.670. The zero-order valence-corrected chi connectivity index (χ0v) is 22.0. The number of hydrogen-bond acceptors (Lipinski definition) is 5. The summed E-state index contributed by atoms with van der Waals surface area (Å²) in [6.45, 7) is 0. The minimum absolute atomic E-state index is 0.670. The summed E-state index contributed by atoms with van der Waals surface area (Å²) in [7, 11) is 0. The van der Waals surface area contributed by atoms with Gasteiger partial charge < -0.3 is 8.83 Å². The zero-order valence-electron chi connectivity index (χ0n) is 22.0. The van der Waals surface area contributed by atoms with Gasteiger partial charge in [-0.05, 0) is 42.5 Å². The molecular weight excluding hydrogens is 522 g/mol. The summed E-state index contributed by atoms with van der Waals surface area (Å²) in [6, 6.07) is 34.7. The van der Waals surface area contributed by atoms with Gasteiger partial charge >= 0.3 is 0 Å². The highest BCUT2D eigenvalue weighted by molar-refractivity contribution is 6.12. The molecule has 7 heteroatoms. The lowest BCUT2D eigenvalue weighted by atomic mass is 10.1. The Morgan fingerprint density at radius 3 is 2.05 bits per heavy atom. The molecule has 42 heavy (non-hydrogen) atoms. The van der Waals surface area contributed by atoms with Gasteiger partial charge in [0.25, 0.3) is 0 Å². The first-order chi connectivity index (χ1) is 20.8. The van der Waals surface area contributed by atoms with E-state index in [9.17, 15) is 0 Å². The van der Waals surface area contributed by atoms with Gasteiger partial charge in [0.15, 0.2) is 17.0 Å². The van der Waals surface area contributed by atoms with E-state index in [0.717, 1.165) is 77.4 Å². The Kier molecular flexibility index (Phi) is 4.07.